The van der Waals surface area contributed by atoms with Crippen LogP contribution < -0.4 is 0 Å². The SMILES string of the molecule is N#Cc1cc([N+](=O)[O-])c(O)cc1Cl. The zero-order valence-electron chi connectivity index (χ0n) is 6.19. The zero-order valence-corrected chi connectivity index (χ0v) is 6.95. The van der Waals surface area contributed by atoms with Gasteiger partial charge in [0.15, 0.2) is 5.75 Å². The third-order valence-electron chi connectivity index (χ3n) is 1.38. The number of hydrogen-bond donors (Lipinski definition) is 1. The highest BCUT2D eigenvalue weighted by Crippen LogP contribution is 2.31. The predicted octanol–water partition coefficient (Wildman–Crippen LogP) is 1.83. The van der Waals surface area contributed by atoms with Gasteiger partial charge in [-0.1, -0.05) is 11.6 Å². The lowest BCUT2D eigenvalue weighted by Crippen LogP contribution is -1.90. The second-order valence-electron chi connectivity index (χ2n) is 2.19. The van der Waals surface area contributed by atoms with E-state index >= 15 is 0 Å². The number of nitriles is 1. The maximum absolute atomic E-state index is 10.3. The molecular weight excluding hydrogens is 196 g/mol. The minimum atomic E-state index is -0.785. The highest BCUT2D eigenvalue weighted by Gasteiger charge is 2.16. The summed E-state index contributed by atoms with van der Waals surface area (Å²) in [5, 5.41) is 27.8. The summed E-state index contributed by atoms with van der Waals surface area (Å²) in [4.78, 5) is 9.51. The van der Waals surface area contributed by atoms with Gasteiger partial charge >= 0.3 is 5.69 Å². The van der Waals surface area contributed by atoms with Crippen molar-refractivity contribution in [1.29, 1.82) is 5.26 Å². The van der Waals surface area contributed by atoms with Gasteiger partial charge in [0.1, 0.15) is 6.07 Å². The van der Waals surface area contributed by atoms with Crippen LogP contribution in [0.3, 0.4) is 0 Å². The number of hydrogen-bond acceptors (Lipinski definition) is 4. The van der Waals surface area contributed by atoms with Gasteiger partial charge in [-0.05, 0) is 0 Å². The largest absolute Gasteiger partial charge is 0.502 e. The first kappa shape index (κ1) is 9.29. The maximum atomic E-state index is 10.3. The molecule has 0 bridgehead atoms. The molecule has 1 rings (SSSR count). The van der Waals surface area contributed by atoms with Gasteiger partial charge in [-0.25, -0.2) is 0 Å². The summed E-state index contributed by atoms with van der Waals surface area (Å²) in [7, 11) is 0. The second-order valence-corrected chi connectivity index (χ2v) is 2.60. The van der Waals surface area contributed by atoms with E-state index in [1.807, 2.05) is 0 Å². The number of halogens is 1. The summed E-state index contributed by atoms with van der Waals surface area (Å²) < 4.78 is 0. The van der Waals surface area contributed by atoms with Crippen LogP contribution in [0.5, 0.6) is 5.75 Å². The average Bonchev–Trinajstić information content (AvgIpc) is 2.03. The van der Waals surface area contributed by atoms with Crippen LogP contribution in [0, 0.1) is 21.4 Å². The fraction of sp³-hybridized carbons (Fsp3) is 0. The molecule has 6 heteroatoms. The number of aromatic hydroxyl groups is 1. The van der Waals surface area contributed by atoms with Gasteiger partial charge in [-0.3, -0.25) is 10.1 Å². The molecule has 1 N–H and O–H groups in total. The van der Waals surface area contributed by atoms with Crippen LogP contribution in [0.25, 0.3) is 0 Å². The van der Waals surface area contributed by atoms with E-state index in [2.05, 4.69) is 0 Å². The van der Waals surface area contributed by atoms with E-state index in [0.29, 0.717) is 0 Å². The van der Waals surface area contributed by atoms with Crippen molar-refractivity contribution in [3.05, 3.63) is 32.8 Å². The first-order chi connectivity index (χ1) is 6.06. The highest BCUT2D eigenvalue weighted by atomic mass is 35.5. The lowest BCUT2D eigenvalue weighted by molar-refractivity contribution is -0.385. The van der Waals surface area contributed by atoms with Crippen LogP contribution >= 0.6 is 11.6 Å². The van der Waals surface area contributed by atoms with E-state index in [0.717, 1.165) is 12.1 Å². The Morgan fingerprint density at radius 2 is 2.23 bits per heavy atom. The average molecular weight is 199 g/mol. The summed E-state index contributed by atoms with van der Waals surface area (Å²) >= 11 is 5.50. The lowest BCUT2D eigenvalue weighted by atomic mass is 10.2. The molecule has 0 unspecified atom stereocenters. The van der Waals surface area contributed by atoms with Gasteiger partial charge in [-0.2, -0.15) is 5.26 Å². The van der Waals surface area contributed by atoms with E-state index in [1.165, 1.54) is 0 Å². The normalized spacial score (nSPS) is 9.23. The van der Waals surface area contributed by atoms with Crippen LogP contribution in [0.4, 0.5) is 5.69 Å². The molecule has 13 heavy (non-hydrogen) atoms. The van der Waals surface area contributed by atoms with Crippen molar-refractivity contribution < 1.29 is 10.0 Å². The Balaban J connectivity index is 3.41. The molecule has 0 aliphatic heterocycles. The first-order valence-electron chi connectivity index (χ1n) is 3.13. The van der Waals surface area contributed by atoms with E-state index < -0.39 is 16.4 Å². The van der Waals surface area contributed by atoms with Crippen LogP contribution in [0.1, 0.15) is 5.56 Å². The van der Waals surface area contributed by atoms with Crippen LogP contribution in [0.15, 0.2) is 12.1 Å². The van der Waals surface area contributed by atoms with Crippen LogP contribution in [-0.2, 0) is 0 Å². The van der Waals surface area contributed by atoms with E-state index in [4.69, 9.17) is 22.0 Å². The van der Waals surface area contributed by atoms with Gasteiger partial charge in [-0.15, -0.1) is 0 Å². The molecule has 0 heterocycles. The molecule has 0 aliphatic carbocycles. The molecule has 0 aliphatic rings. The van der Waals surface area contributed by atoms with Crippen molar-refractivity contribution in [3.63, 3.8) is 0 Å². The molecule has 66 valence electrons. The van der Waals surface area contributed by atoms with Crippen molar-refractivity contribution in [3.8, 4) is 11.8 Å². The van der Waals surface area contributed by atoms with E-state index in [9.17, 15) is 10.1 Å². The predicted molar refractivity (Wildman–Crippen MR) is 44.5 cm³/mol. The Hall–Kier alpha value is -1.80. The van der Waals surface area contributed by atoms with Crippen molar-refractivity contribution >= 4 is 17.3 Å². The number of nitro benzene ring substituents is 1. The van der Waals surface area contributed by atoms with Crippen molar-refractivity contribution in [1.82, 2.24) is 0 Å². The Bertz CT molecular complexity index is 411. The topological polar surface area (TPSA) is 87.2 Å². The van der Waals surface area contributed by atoms with Gasteiger partial charge in [0.25, 0.3) is 0 Å². The van der Waals surface area contributed by atoms with Crippen molar-refractivity contribution in [2.45, 2.75) is 0 Å². The molecule has 0 fully saturated rings. The summed E-state index contributed by atoms with van der Waals surface area (Å²) in [5.74, 6) is -0.547. The van der Waals surface area contributed by atoms with Crippen molar-refractivity contribution in [2.24, 2.45) is 0 Å². The van der Waals surface area contributed by atoms with Gasteiger partial charge in [0.2, 0.25) is 0 Å². The van der Waals surface area contributed by atoms with E-state index in [1.54, 1.807) is 6.07 Å². The number of nitro groups is 1. The minimum absolute atomic E-state index is 0.00870. The summed E-state index contributed by atoms with van der Waals surface area (Å²) in [6.07, 6.45) is 0. The summed E-state index contributed by atoms with van der Waals surface area (Å²) in [6.45, 7) is 0. The monoisotopic (exact) mass is 198 g/mol. The fourth-order valence-electron chi connectivity index (χ4n) is 0.783. The number of rotatable bonds is 1. The van der Waals surface area contributed by atoms with Crippen LogP contribution in [-0.4, -0.2) is 10.0 Å². The molecule has 0 spiro atoms. The Morgan fingerprint density at radius 3 is 2.69 bits per heavy atom. The number of phenols is 1. The van der Waals surface area contributed by atoms with Gasteiger partial charge in [0.05, 0.1) is 15.5 Å². The minimum Gasteiger partial charge on any atom is -0.502 e. The summed E-state index contributed by atoms with van der Waals surface area (Å²) in [6, 6.07) is 3.57. The third kappa shape index (κ3) is 1.68. The number of nitrogens with zero attached hydrogens (tertiary/aromatic N) is 2. The van der Waals surface area contributed by atoms with Gasteiger partial charge < -0.3 is 5.11 Å². The third-order valence-corrected chi connectivity index (χ3v) is 1.69. The second kappa shape index (κ2) is 3.29. The number of benzene rings is 1. The molecule has 0 saturated carbocycles. The molecule has 1 aromatic carbocycles. The Kier molecular flexibility index (Phi) is 2.35. The molecule has 1 aromatic rings. The molecule has 0 amide bonds. The lowest BCUT2D eigenvalue weighted by Gasteiger charge is -1.97. The Labute approximate surface area is 77.9 Å². The van der Waals surface area contributed by atoms with Crippen molar-refractivity contribution in [2.75, 3.05) is 0 Å². The van der Waals surface area contributed by atoms with Gasteiger partial charge in [0, 0.05) is 12.1 Å². The quantitative estimate of drug-likeness (QED) is 0.551. The highest BCUT2D eigenvalue weighted by molar-refractivity contribution is 6.32. The number of phenolic OH excluding ortho intramolecular Hbond substituents is 1. The fourth-order valence-corrected chi connectivity index (χ4v) is 0.983. The van der Waals surface area contributed by atoms with Crippen LogP contribution in [0.2, 0.25) is 5.02 Å². The molecular formula is C7H3ClN2O3. The molecule has 0 radical (unpaired) electrons. The standard InChI is InChI=1S/C7H3ClN2O3/c8-5-2-7(11)6(10(12)13)1-4(5)3-9/h1-2,11H. The molecule has 5 nitrogen and oxygen atoms in total. The molecule has 0 atom stereocenters. The summed E-state index contributed by atoms with van der Waals surface area (Å²) in [5.41, 5.74) is -0.563. The smallest absolute Gasteiger partial charge is 0.312 e. The first-order valence-corrected chi connectivity index (χ1v) is 3.51. The van der Waals surface area contributed by atoms with E-state index in [-0.39, 0.29) is 10.6 Å². The molecule has 0 aromatic heterocycles. The maximum Gasteiger partial charge on any atom is 0.312 e. The molecule has 0 saturated heterocycles. The Morgan fingerprint density at radius 1 is 1.62 bits per heavy atom. The zero-order chi connectivity index (χ0) is 10.0.